The number of rotatable bonds is 4. The summed E-state index contributed by atoms with van der Waals surface area (Å²) in [4.78, 5) is 11.3. The third kappa shape index (κ3) is 2.42. The molecule has 1 fully saturated rings. The van der Waals surface area contributed by atoms with Crippen LogP contribution in [0.25, 0.3) is 0 Å². The van der Waals surface area contributed by atoms with Gasteiger partial charge in [-0.05, 0) is 31.0 Å². The largest absolute Gasteiger partial charge is 0.493 e. The van der Waals surface area contributed by atoms with Gasteiger partial charge >= 0.3 is 5.97 Å². The van der Waals surface area contributed by atoms with Crippen LogP contribution in [0.3, 0.4) is 0 Å². The molecular formula is C14H17O4. The van der Waals surface area contributed by atoms with Crippen molar-refractivity contribution in [1.29, 1.82) is 0 Å². The second kappa shape index (κ2) is 5.29. The summed E-state index contributed by atoms with van der Waals surface area (Å²) in [5.74, 6) is 1.04. The third-order valence-corrected chi connectivity index (χ3v) is 3.26. The molecule has 0 N–H and O–H groups in total. The van der Waals surface area contributed by atoms with Crippen molar-refractivity contribution in [3.05, 3.63) is 30.7 Å². The first-order valence-corrected chi connectivity index (χ1v) is 5.86. The van der Waals surface area contributed by atoms with E-state index in [-0.39, 0.29) is 17.8 Å². The molecule has 0 bridgehead atoms. The van der Waals surface area contributed by atoms with Gasteiger partial charge in [0.15, 0.2) is 11.5 Å². The summed E-state index contributed by atoms with van der Waals surface area (Å²) in [7, 11) is 3.21. The Morgan fingerprint density at radius 3 is 2.61 bits per heavy atom. The van der Waals surface area contributed by atoms with Crippen molar-refractivity contribution in [2.24, 2.45) is 11.8 Å². The Morgan fingerprint density at radius 1 is 1.33 bits per heavy atom. The first kappa shape index (κ1) is 12.7. The fourth-order valence-electron chi connectivity index (χ4n) is 2.12. The molecule has 1 aromatic carbocycles. The highest BCUT2D eigenvalue weighted by Gasteiger charge is 2.33. The fraction of sp³-hybridized carbons (Fsp3) is 0.429. The summed E-state index contributed by atoms with van der Waals surface area (Å²) in [5, 5.41) is 0. The van der Waals surface area contributed by atoms with Crippen LogP contribution in [0.1, 0.15) is 5.56 Å². The quantitative estimate of drug-likeness (QED) is 0.764. The number of hydrogen-bond acceptors (Lipinski definition) is 4. The Hall–Kier alpha value is -1.71. The van der Waals surface area contributed by atoms with Gasteiger partial charge in [0.1, 0.15) is 0 Å². The van der Waals surface area contributed by atoms with Gasteiger partial charge < -0.3 is 14.2 Å². The van der Waals surface area contributed by atoms with Crippen LogP contribution in [0.2, 0.25) is 0 Å². The van der Waals surface area contributed by atoms with Crippen LogP contribution < -0.4 is 9.47 Å². The highest BCUT2D eigenvalue weighted by Crippen LogP contribution is 2.31. The van der Waals surface area contributed by atoms with E-state index < -0.39 is 0 Å². The van der Waals surface area contributed by atoms with Crippen molar-refractivity contribution in [2.75, 3.05) is 20.8 Å². The van der Waals surface area contributed by atoms with Gasteiger partial charge in [0.25, 0.3) is 0 Å². The van der Waals surface area contributed by atoms with Gasteiger partial charge in [-0.1, -0.05) is 6.07 Å². The number of carbonyl (C=O) groups excluding carboxylic acids is 1. The van der Waals surface area contributed by atoms with Crippen LogP contribution in [0.4, 0.5) is 0 Å². The van der Waals surface area contributed by atoms with Gasteiger partial charge in [0.2, 0.25) is 0 Å². The Kier molecular flexibility index (Phi) is 3.75. The molecule has 18 heavy (non-hydrogen) atoms. The van der Waals surface area contributed by atoms with Gasteiger partial charge in [0, 0.05) is 5.92 Å². The second-order valence-corrected chi connectivity index (χ2v) is 4.39. The zero-order valence-electron chi connectivity index (χ0n) is 10.6. The molecule has 0 spiro atoms. The molecule has 2 rings (SSSR count). The molecule has 0 aromatic heterocycles. The molecule has 0 aliphatic carbocycles. The lowest BCUT2D eigenvalue weighted by Gasteiger charge is -2.13. The minimum absolute atomic E-state index is 0.135. The summed E-state index contributed by atoms with van der Waals surface area (Å²) in [6.45, 7) is 4.29. The predicted octanol–water partition coefficient (Wildman–Crippen LogP) is 1.87. The zero-order chi connectivity index (χ0) is 13.1. The van der Waals surface area contributed by atoms with E-state index in [1.807, 2.05) is 18.2 Å². The van der Waals surface area contributed by atoms with E-state index in [9.17, 15) is 4.79 Å². The molecule has 97 valence electrons. The summed E-state index contributed by atoms with van der Waals surface area (Å²) in [6, 6.07) is 5.76. The van der Waals surface area contributed by atoms with Crippen molar-refractivity contribution in [3.8, 4) is 11.5 Å². The van der Waals surface area contributed by atoms with Crippen LogP contribution in [-0.4, -0.2) is 26.8 Å². The maximum absolute atomic E-state index is 11.3. The number of hydrogen-bond donors (Lipinski definition) is 0. The smallest absolute Gasteiger partial charge is 0.309 e. The lowest BCUT2D eigenvalue weighted by atomic mass is 9.90. The first-order valence-electron chi connectivity index (χ1n) is 5.86. The zero-order valence-corrected chi connectivity index (χ0v) is 10.6. The molecule has 4 nitrogen and oxygen atoms in total. The van der Waals surface area contributed by atoms with Crippen molar-refractivity contribution in [2.45, 2.75) is 6.42 Å². The van der Waals surface area contributed by atoms with E-state index in [4.69, 9.17) is 14.2 Å². The van der Waals surface area contributed by atoms with Gasteiger partial charge in [-0.2, -0.15) is 0 Å². The molecule has 0 amide bonds. The lowest BCUT2D eigenvalue weighted by Crippen LogP contribution is -2.14. The summed E-state index contributed by atoms with van der Waals surface area (Å²) in [5.41, 5.74) is 1.09. The summed E-state index contributed by atoms with van der Waals surface area (Å²) < 4.78 is 15.4. The van der Waals surface area contributed by atoms with Crippen molar-refractivity contribution >= 4 is 5.97 Å². The number of ether oxygens (including phenoxy) is 3. The SMILES string of the molecule is [CH2]C1C(=O)OCC1Cc1ccc(OC)c(OC)c1. The Balaban J connectivity index is 2.12. The monoisotopic (exact) mass is 249 g/mol. The van der Waals surface area contributed by atoms with Gasteiger partial charge in [-0.15, -0.1) is 0 Å². The fourth-order valence-corrected chi connectivity index (χ4v) is 2.12. The maximum atomic E-state index is 11.3. The molecule has 1 aromatic rings. The molecular weight excluding hydrogens is 232 g/mol. The van der Waals surface area contributed by atoms with Gasteiger partial charge in [0.05, 0.1) is 26.7 Å². The van der Waals surface area contributed by atoms with E-state index in [0.29, 0.717) is 18.1 Å². The molecule has 1 aliphatic heterocycles. The van der Waals surface area contributed by atoms with E-state index in [1.54, 1.807) is 14.2 Å². The summed E-state index contributed by atoms with van der Waals surface area (Å²) in [6.07, 6.45) is 0.750. The molecule has 1 heterocycles. The molecule has 1 radical (unpaired) electrons. The summed E-state index contributed by atoms with van der Waals surface area (Å²) >= 11 is 0. The molecule has 2 unspecified atom stereocenters. The number of methoxy groups -OCH3 is 2. The van der Waals surface area contributed by atoms with Crippen LogP contribution in [0.5, 0.6) is 11.5 Å². The highest BCUT2D eigenvalue weighted by molar-refractivity contribution is 5.75. The van der Waals surface area contributed by atoms with E-state index in [1.165, 1.54) is 0 Å². The highest BCUT2D eigenvalue weighted by atomic mass is 16.5. The van der Waals surface area contributed by atoms with Gasteiger partial charge in [-0.25, -0.2) is 0 Å². The lowest BCUT2D eigenvalue weighted by molar-refractivity contribution is -0.140. The molecule has 0 saturated carbocycles. The van der Waals surface area contributed by atoms with Crippen molar-refractivity contribution in [1.82, 2.24) is 0 Å². The van der Waals surface area contributed by atoms with Gasteiger partial charge in [-0.3, -0.25) is 4.79 Å². The van der Waals surface area contributed by atoms with E-state index in [2.05, 4.69) is 6.92 Å². The normalized spacial score (nSPS) is 22.7. The minimum Gasteiger partial charge on any atom is -0.493 e. The number of benzene rings is 1. The van der Waals surface area contributed by atoms with E-state index in [0.717, 1.165) is 12.0 Å². The Labute approximate surface area is 107 Å². The number of esters is 1. The molecule has 1 saturated heterocycles. The van der Waals surface area contributed by atoms with Crippen LogP contribution in [0, 0.1) is 18.8 Å². The van der Waals surface area contributed by atoms with Crippen molar-refractivity contribution < 1.29 is 19.0 Å². The standard InChI is InChI=1S/C14H17O4/c1-9-11(8-18-14(9)15)6-10-4-5-12(16-2)13(7-10)17-3/h4-5,7,9,11H,1,6,8H2,2-3H3. The van der Waals surface area contributed by atoms with E-state index >= 15 is 0 Å². The Bertz CT molecular complexity index is 441. The minimum atomic E-state index is -0.280. The second-order valence-electron chi connectivity index (χ2n) is 4.39. The average Bonchev–Trinajstić information content (AvgIpc) is 2.70. The third-order valence-electron chi connectivity index (χ3n) is 3.26. The number of carbonyl (C=O) groups is 1. The molecule has 2 atom stereocenters. The van der Waals surface area contributed by atoms with Crippen molar-refractivity contribution in [3.63, 3.8) is 0 Å². The van der Waals surface area contributed by atoms with Crippen LogP contribution in [-0.2, 0) is 16.0 Å². The van der Waals surface area contributed by atoms with Crippen LogP contribution in [0.15, 0.2) is 18.2 Å². The predicted molar refractivity (Wildman–Crippen MR) is 66.5 cm³/mol. The number of cyclic esters (lactones) is 1. The molecule has 4 heteroatoms. The topological polar surface area (TPSA) is 44.8 Å². The Morgan fingerprint density at radius 2 is 2.06 bits per heavy atom. The van der Waals surface area contributed by atoms with Crippen LogP contribution >= 0.6 is 0 Å². The molecule has 1 aliphatic rings. The maximum Gasteiger partial charge on any atom is 0.309 e. The average molecular weight is 249 g/mol. The first-order chi connectivity index (χ1) is 8.65.